The molecule has 0 aromatic heterocycles. The van der Waals surface area contributed by atoms with Gasteiger partial charge in [-0.25, -0.2) is 0 Å². The van der Waals surface area contributed by atoms with Crippen LogP contribution < -0.4 is 0 Å². The van der Waals surface area contributed by atoms with Crippen LogP contribution >= 0.6 is 0 Å². The van der Waals surface area contributed by atoms with Crippen molar-refractivity contribution in [3.63, 3.8) is 0 Å². The van der Waals surface area contributed by atoms with Crippen LogP contribution in [0.3, 0.4) is 0 Å². The molecule has 1 N–H and O–H groups in total. The molecular formula is C19H18O. The standard InChI is InChI=1S/C19H18O/c1-13-6-5-7-14(2)18(13)19(20)17-11-10-15-8-3-4-9-16(15)12-17/h3-12,19-20H,1-2H3. The number of fused-ring (bicyclic) bond motifs is 1. The van der Waals surface area contributed by atoms with Gasteiger partial charge in [-0.15, -0.1) is 0 Å². The topological polar surface area (TPSA) is 20.2 Å². The number of hydrogen-bond acceptors (Lipinski definition) is 1. The molecule has 0 aliphatic heterocycles. The maximum atomic E-state index is 10.7. The average molecular weight is 262 g/mol. The van der Waals surface area contributed by atoms with Gasteiger partial charge in [0, 0.05) is 0 Å². The highest BCUT2D eigenvalue weighted by molar-refractivity contribution is 5.83. The highest BCUT2D eigenvalue weighted by Gasteiger charge is 2.15. The van der Waals surface area contributed by atoms with Gasteiger partial charge in [-0.05, 0) is 52.9 Å². The Hall–Kier alpha value is -2.12. The molecule has 0 bridgehead atoms. The number of rotatable bonds is 2. The van der Waals surface area contributed by atoms with Gasteiger partial charge in [-0.3, -0.25) is 0 Å². The predicted molar refractivity (Wildman–Crippen MR) is 83.9 cm³/mol. The van der Waals surface area contributed by atoms with E-state index in [1.54, 1.807) is 0 Å². The third kappa shape index (κ3) is 2.21. The lowest BCUT2D eigenvalue weighted by Crippen LogP contribution is -2.04. The molecule has 100 valence electrons. The minimum absolute atomic E-state index is 0.569. The van der Waals surface area contributed by atoms with E-state index >= 15 is 0 Å². The largest absolute Gasteiger partial charge is 0.384 e. The summed E-state index contributed by atoms with van der Waals surface area (Å²) in [5, 5.41) is 13.1. The van der Waals surface area contributed by atoms with Crippen molar-refractivity contribution in [1.82, 2.24) is 0 Å². The summed E-state index contributed by atoms with van der Waals surface area (Å²) < 4.78 is 0. The monoisotopic (exact) mass is 262 g/mol. The molecule has 0 aliphatic carbocycles. The second-order valence-corrected chi connectivity index (χ2v) is 5.31. The lowest BCUT2D eigenvalue weighted by molar-refractivity contribution is 0.219. The van der Waals surface area contributed by atoms with Crippen LogP contribution in [0.5, 0.6) is 0 Å². The Kier molecular flexibility index (Phi) is 3.29. The Bertz CT molecular complexity index is 738. The minimum Gasteiger partial charge on any atom is -0.384 e. The van der Waals surface area contributed by atoms with E-state index in [0.29, 0.717) is 0 Å². The number of hydrogen-bond donors (Lipinski definition) is 1. The second-order valence-electron chi connectivity index (χ2n) is 5.31. The third-order valence-electron chi connectivity index (χ3n) is 3.90. The molecule has 0 radical (unpaired) electrons. The summed E-state index contributed by atoms with van der Waals surface area (Å²) in [6.45, 7) is 4.10. The molecule has 3 rings (SSSR count). The molecular weight excluding hydrogens is 244 g/mol. The summed E-state index contributed by atoms with van der Waals surface area (Å²) in [5.74, 6) is 0. The summed E-state index contributed by atoms with van der Waals surface area (Å²) in [6, 6.07) is 20.5. The van der Waals surface area contributed by atoms with Crippen molar-refractivity contribution in [3.05, 3.63) is 82.9 Å². The van der Waals surface area contributed by atoms with Gasteiger partial charge in [0.2, 0.25) is 0 Å². The molecule has 0 heterocycles. The van der Waals surface area contributed by atoms with E-state index in [9.17, 15) is 5.11 Å². The summed E-state index contributed by atoms with van der Waals surface area (Å²) >= 11 is 0. The quantitative estimate of drug-likeness (QED) is 0.719. The van der Waals surface area contributed by atoms with Crippen molar-refractivity contribution >= 4 is 10.8 Å². The van der Waals surface area contributed by atoms with E-state index in [0.717, 1.165) is 27.6 Å². The first-order valence-electron chi connectivity index (χ1n) is 6.89. The second kappa shape index (κ2) is 5.10. The van der Waals surface area contributed by atoms with Crippen LogP contribution in [0.4, 0.5) is 0 Å². The summed E-state index contributed by atoms with van der Waals surface area (Å²) in [5.41, 5.74) is 4.22. The first kappa shape index (κ1) is 12.9. The minimum atomic E-state index is -0.569. The van der Waals surface area contributed by atoms with Crippen LogP contribution in [-0.4, -0.2) is 5.11 Å². The van der Waals surface area contributed by atoms with Gasteiger partial charge in [0.05, 0.1) is 0 Å². The van der Waals surface area contributed by atoms with Crippen LogP contribution in [0.25, 0.3) is 10.8 Å². The first-order chi connectivity index (χ1) is 9.66. The van der Waals surface area contributed by atoms with Crippen LogP contribution in [0.15, 0.2) is 60.7 Å². The molecule has 3 aromatic carbocycles. The van der Waals surface area contributed by atoms with Crippen molar-refractivity contribution in [1.29, 1.82) is 0 Å². The fourth-order valence-electron chi connectivity index (χ4n) is 2.80. The van der Waals surface area contributed by atoms with Crippen molar-refractivity contribution in [2.75, 3.05) is 0 Å². The lowest BCUT2D eigenvalue weighted by atomic mass is 9.92. The molecule has 0 saturated carbocycles. The molecule has 1 atom stereocenters. The average Bonchev–Trinajstić information content (AvgIpc) is 2.46. The molecule has 3 aromatic rings. The van der Waals surface area contributed by atoms with E-state index < -0.39 is 6.10 Å². The van der Waals surface area contributed by atoms with Gasteiger partial charge < -0.3 is 5.11 Å². The van der Waals surface area contributed by atoms with Gasteiger partial charge in [-0.2, -0.15) is 0 Å². The molecule has 0 spiro atoms. The smallest absolute Gasteiger partial charge is 0.105 e. The Labute approximate surface area is 119 Å². The zero-order valence-corrected chi connectivity index (χ0v) is 11.8. The van der Waals surface area contributed by atoms with Crippen LogP contribution in [-0.2, 0) is 0 Å². The summed E-state index contributed by atoms with van der Waals surface area (Å²) in [4.78, 5) is 0. The van der Waals surface area contributed by atoms with Crippen molar-refractivity contribution in [2.45, 2.75) is 20.0 Å². The fraction of sp³-hybridized carbons (Fsp3) is 0.158. The molecule has 0 saturated heterocycles. The van der Waals surface area contributed by atoms with E-state index in [-0.39, 0.29) is 0 Å². The van der Waals surface area contributed by atoms with Gasteiger partial charge >= 0.3 is 0 Å². The van der Waals surface area contributed by atoms with Crippen molar-refractivity contribution in [2.24, 2.45) is 0 Å². The number of aliphatic hydroxyl groups excluding tert-OH is 1. The van der Waals surface area contributed by atoms with E-state index in [2.05, 4.69) is 24.3 Å². The van der Waals surface area contributed by atoms with E-state index in [1.807, 2.05) is 50.2 Å². The molecule has 0 fully saturated rings. The van der Waals surface area contributed by atoms with Gasteiger partial charge in [-0.1, -0.05) is 54.6 Å². The SMILES string of the molecule is Cc1cccc(C)c1C(O)c1ccc2ccccc2c1. The molecule has 0 aliphatic rings. The molecule has 1 unspecified atom stereocenters. The third-order valence-corrected chi connectivity index (χ3v) is 3.90. The summed E-state index contributed by atoms with van der Waals surface area (Å²) in [6.07, 6.45) is -0.569. The number of aryl methyl sites for hydroxylation is 2. The first-order valence-corrected chi connectivity index (χ1v) is 6.89. The Morgan fingerprint density at radius 2 is 1.40 bits per heavy atom. The van der Waals surface area contributed by atoms with Gasteiger partial charge in [0.15, 0.2) is 0 Å². The zero-order valence-electron chi connectivity index (χ0n) is 11.8. The summed E-state index contributed by atoms with van der Waals surface area (Å²) in [7, 11) is 0. The van der Waals surface area contributed by atoms with Crippen LogP contribution in [0.2, 0.25) is 0 Å². The lowest BCUT2D eigenvalue weighted by Gasteiger charge is -2.17. The van der Waals surface area contributed by atoms with Crippen LogP contribution in [0, 0.1) is 13.8 Å². The number of benzene rings is 3. The van der Waals surface area contributed by atoms with Gasteiger partial charge in [0.25, 0.3) is 0 Å². The molecule has 1 nitrogen and oxygen atoms in total. The Morgan fingerprint density at radius 1 is 0.750 bits per heavy atom. The predicted octanol–water partition coefficient (Wildman–Crippen LogP) is 4.54. The maximum absolute atomic E-state index is 10.7. The molecule has 1 heteroatoms. The number of aliphatic hydroxyl groups is 1. The normalized spacial score (nSPS) is 12.6. The maximum Gasteiger partial charge on any atom is 0.105 e. The molecule has 0 amide bonds. The van der Waals surface area contributed by atoms with Crippen molar-refractivity contribution in [3.8, 4) is 0 Å². The van der Waals surface area contributed by atoms with Crippen molar-refractivity contribution < 1.29 is 5.11 Å². The highest BCUT2D eigenvalue weighted by atomic mass is 16.3. The van der Waals surface area contributed by atoms with E-state index in [1.165, 1.54) is 5.39 Å². The highest BCUT2D eigenvalue weighted by Crippen LogP contribution is 2.29. The zero-order chi connectivity index (χ0) is 14.1. The van der Waals surface area contributed by atoms with Crippen LogP contribution in [0.1, 0.15) is 28.4 Å². The Balaban J connectivity index is 2.10. The fourth-order valence-corrected chi connectivity index (χ4v) is 2.80. The van der Waals surface area contributed by atoms with E-state index in [4.69, 9.17) is 0 Å². The Morgan fingerprint density at radius 3 is 2.10 bits per heavy atom. The molecule has 20 heavy (non-hydrogen) atoms. The van der Waals surface area contributed by atoms with Gasteiger partial charge in [0.1, 0.15) is 6.10 Å².